The van der Waals surface area contributed by atoms with E-state index in [9.17, 15) is 4.79 Å². The summed E-state index contributed by atoms with van der Waals surface area (Å²) in [4.78, 5) is 11.8. The van der Waals surface area contributed by atoms with Gasteiger partial charge in [-0.05, 0) is 24.6 Å². The van der Waals surface area contributed by atoms with E-state index in [1.165, 1.54) is 6.20 Å². The lowest BCUT2D eigenvalue weighted by molar-refractivity contribution is 0.249. The van der Waals surface area contributed by atoms with Crippen LogP contribution in [-0.2, 0) is 6.54 Å². The monoisotopic (exact) mass is 259 g/mol. The van der Waals surface area contributed by atoms with Crippen molar-refractivity contribution in [2.75, 3.05) is 7.05 Å². The third-order valence-corrected chi connectivity index (χ3v) is 3.51. The third kappa shape index (κ3) is 2.84. The van der Waals surface area contributed by atoms with E-state index in [0.717, 1.165) is 17.4 Å². The van der Waals surface area contributed by atoms with E-state index in [2.05, 4.69) is 31.2 Å². The molecule has 0 aliphatic heterocycles. The minimum atomic E-state index is -0.0244. The molecule has 0 fully saturated rings. The predicted molar refractivity (Wildman–Crippen MR) is 78.3 cm³/mol. The highest BCUT2D eigenvalue weighted by Gasteiger charge is 2.23. The maximum atomic E-state index is 11.8. The van der Waals surface area contributed by atoms with Gasteiger partial charge in [0.05, 0.1) is 18.3 Å². The van der Waals surface area contributed by atoms with Crippen LogP contribution in [0.4, 0.5) is 0 Å². The lowest BCUT2D eigenvalue weighted by Gasteiger charge is -2.31. The van der Waals surface area contributed by atoms with Gasteiger partial charge in [-0.1, -0.05) is 32.9 Å². The predicted octanol–water partition coefficient (Wildman–Crippen LogP) is 2.03. The van der Waals surface area contributed by atoms with Crippen molar-refractivity contribution >= 4 is 10.9 Å². The molecular weight excluding hydrogens is 238 g/mol. The normalized spacial score (nSPS) is 13.7. The van der Waals surface area contributed by atoms with Crippen molar-refractivity contribution in [3.63, 3.8) is 0 Å². The van der Waals surface area contributed by atoms with E-state index in [1.54, 1.807) is 0 Å². The molecule has 0 radical (unpaired) electrons. The molecule has 1 atom stereocenters. The molecule has 1 aromatic heterocycles. The number of rotatable bonds is 3. The van der Waals surface area contributed by atoms with E-state index in [-0.39, 0.29) is 16.9 Å². The van der Waals surface area contributed by atoms with E-state index < -0.39 is 0 Å². The number of hydrogen-bond acceptors (Lipinski definition) is 3. The Kier molecular flexibility index (Phi) is 3.71. The summed E-state index contributed by atoms with van der Waals surface area (Å²) in [7, 11) is 1.96. The molecule has 102 valence electrons. The number of likely N-dealkylation sites (N-methyl/N-ethyl adjacent to an activating group) is 1. The Morgan fingerprint density at radius 2 is 2.00 bits per heavy atom. The molecule has 0 amide bonds. The Bertz CT molecular complexity index is 625. The fraction of sp³-hybridized carbons (Fsp3) is 0.467. The van der Waals surface area contributed by atoms with Crippen LogP contribution in [0, 0.1) is 5.41 Å². The average Bonchev–Trinajstić information content (AvgIpc) is 2.37. The van der Waals surface area contributed by atoms with Crippen LogP contribution in [0.25, 0.3) is 10.9 Å². The first-order chi connectivity index (χ1) is 8.93. The standard InChI is InChI=1S/C15H21N3O/c1-15(2,3)14(16-4)10-18-12-8-6-5-7-11(12)13(19)9-17-18/h5-9,14,16H,10H2,1-4H3. The minimum absolute atomic E-state index is 0.0244. The van der Waals surface area contributed by atoms with Crippen molar-refractivity contribution in [1.82, 2.24) is 15.1 Å². The van der Waals surface area contributed by atoms with Crippen molar-refractivity contribution in [3.8, 4) is 0 Å². The van der Waals surface area contributed by atoms with Gasteiger partial charge in [-0.25, -0.2) is 0 Å². The second-order valence-corrected chi connectivity index (χ2v) is 5.92. The number of para-hydroxylation sites is 1. The Hall–Kier alpha value is -1.68. The summed E-state index contributed by atoms with van der Waals surface area (Å²) in [5.41, 5.74) is 0.990. The molecule has 1 aromatic carbocycles. The SMILES string of the molecule is CNC(Cn1ncc(=O)c2ccccc21)C(C)(C)C. The van der Waals surface area contributed by atoms with Crippen LogP contribution in [0.15, 0.2) is 35.3 Å². The molecule has 19 heavy (non-hydrogen) atoms. The van der Waals surface area contributed by atoms with Crippen LogP contribution >= 0.6 is 0 Å². The second kappa shape index (κ2) is 5.13. The van der Waals surface area contributed by atoms with Crippen molar-refractivity contribution in [3.05, 3.63) is 40.7 Å². The van der Waals surface area contributed by atoms with E-state index in [1.807, 2.05) is 36.0 Å². The number of hydrogen-bond donors (Lipinski definition) is 1. The number of fused-ring (bicyclic) bond motifs is 1. The second-order valence-electron chi connectivity index (χ2n) is 5.92. The Morgan fingerprint density at radius 1 is 1.32 bits per heavy atom. The molecule has 0 aliphatic rings. The van der Waals surface area contributed by atoms with Crippen LogP contribution in [0.3, 0.4) is 0 Å². The molecule has 4 heteroatoms. The van der Waals surface area contributed by atoms with Gasteiger partial charge in [0.25, 0.3) is 0 Å². The highest BCUT2D eigenvalue weighted by molar-refractivity contribution is 5.77. The van der Waals surface area contributed by atoms with Crippen LogP contribution in [0.5, 0.6) is 0 Å². The molecule has 1 N–H and O–H groups in total. The van der Waals surface area contributed by atoms with Gasteiger partial charge in [0.15, 0.2) is 0 Å². The zero-order valence-corrected chi connectivity index (χ0v) is 12.0. The number of nitrogens with one attached hydrogen (secondary N) is 1. The average molecular weight is 259 g/mol. The van der Waals surface area contributed by atoms with E-state index in [0.29, 0.717) is 0 Å². The van der Waals surface area contributed by atoms with Crippen molar-refractivity contribution in [2.24, 2.45) is 5.41 Å². The van der Waals surface area contributed by atoms with Gasteiger partial charge < -0.3 is 5.32 Å². The van der Waals surface area contributed by atoms with Gasteiger partial charge in [-0.3, -0.25) is 9.48 Å². The largest absolute Gasteiger partial charge is 0.315 e. The Balaban J connectivity index is 2.47. The summed E-state index contributed by atoms with van der Waals surface area (Å²) < 4.78 is 1.91. The molecule has 2 rings (SSSR count). The molecule has 2 aromatic rings. The molecule has 0 spiro atoms. The van der Waals surface area contributed by atoms with Crippen LogP contribution in [0.1, 0.15) is 20.8 Å². The quantitative estimate of drug-likeness (QED) is 0.917. The molecule has 0 saturated carbocycles. The molecule has 0 aliphatic carbocycles. The van der Waals surface area contributed by atoms with Crippen molar-refractivity contribution < 1.29 is 0 Å². The summed E-state index contributed by atoms with van der Waals surface area (Å²) in [5, 5.41) is 8.33. The van der Waals surface area contributed by atoms with Gasteiger partial charge in [-0.15, -0.1) is 0 Å². The summed E-state index contributed by atoms with van der Waals surface area (Å²) >= 11 is 0. The number of aromatic nitrogens is 2. The fourth-order valence-corrected chi connectivity index (χ4v) is 2.28. The van der Waals surface area contributed by atoms with Crippen LogP contribution < -0.4 is 10.7 Å². The molecule has 1 unspecified atom stereocenters. The smallest absolute Gasteiger partial charge is 0.207 e. The lowest BCUT2D eigenvalue weighted by atomic mass is 9.87. The summed E-state index contributed by atoms with van der Waals surface area (Å²) in [6.07, 6.45) is 1.40. The van der Waals surface area contributed by atoms with Gasteiger partial charge >= 0.3 is 0 Å². The first-order valence-corrected chi connectivity index (χ1v) is 6.55. The first kappa shape index (κ1) is 13.7. The van der Waals surface area contributed by atoms with E-state index in [4.69, 9.17) is 0 Å². The molecule has 4 nitrogen and oxygen atoms in total. The molecule has 1 heterocycles. The third-order valence-electron chi connectivity index (χ3n) is 3.51. The van der Waals surface area contributed by atoms with Gasteiger partial charge in [0.1, 0.15) is 0 Å². The van der Waals surface area contributed by atoms with Crippen molar-refractivity contribution in [1.29, 1.82) is 0 Å². The molecular formula is C15H21N3O. The summed E-state index contributed by atoms with van der Waals surface area (Å²) in [5.74, 6) is 0. The topological polar surface area (TPSA) is 46.9 Å². The highest BCUT2D eigenvalue weighted by Crippen LogP contribution is 2.21. The van der Waals surface area contributed by atoms with Gasteiger partial charge in [-0.2, -0.15) is 5.10 Å². The Labute approximate surface area is 113 Å². The number of nitrogens with zero attached hydrogens (tertiary/aromatic N) is 2. The fourth-order valence-electron chi connectivity index (χ4n) is 2.28. The summed E-state index contributed by atoms with van der Waals surface area (Å²) in [6, 6.07) is 7.89. The van der Waals surface area contributed by atoms with Gasteiger partial charge in [0, 0.05) is 11.4 Å². The Morgan fingerprint density at radius 3 is 2.63 bits per heavy atom. The maximum absolute atomic E-state index is 11.8. The molecule has 0 bridgehead atoms. The van der Waals surface area contributed by atoms with E-state index >= 15 is 0 Å². The molecule has 0 saturated heterocycles. The highest BCUT2D eigenvalue weighted by atomic mass is 16.1. The minimum Gasteiger partial charge on any atom is -0.315 e. The van der Waals surface area contributed by atoms with Crippen molar-refractivity contribution in [2.45, 2.75) is 33.4 Å². The lowest BCUT2D eigenvalue weighted by Crippen LogP contribution is -2.42. The zero-order chi connectivity index (χ0) is 14.0. The van der Waals surface area contributed by atoms with Gasteiger partial charge in [0.2, 0.25) is 5.43 Å². The summed E-state index contributed by atoms with van der Waals surface area (Å²) in [6.45, 7) is 7.32. The van der Waals surface area contributed by atoms with Crippen LogP contribution in [0.2, 0.25) is 0 Å². The maximum Gasteiger partial charge on any atom is 0.207 e. The number of benzene rings is 1. The first-order valence-electron chi connectivity index (χ1n) is 6.55. The zero-order valence-electron chi connectivity index (χ0n) is 12.0. The van der Waals surface area contributed by atoms with Crippen LogP contribution in [-0.4, -0.2) is 22.9 Å².